The summed E-state index contributed by atoms with van der Waals surface area (Å²) in [7, 11) is 0. The van der Waals surface area contributed by atoms with Gasteiger partial charge in [0.1, 0.15) is 11.5 Å². The normalized spacial score (nSPS) is 10.4. The summed E-state index contributed by atoms with van der Waals surface area (Å²) in [5.41, 5.74) is 0. The van der Waals surface area contributed by atoms with Gasteiger partial charge in [0.05, 0.1) is 6.54 Å². The molecule has 2 heteroatoms. The Morgan fingerprint density at radius 3 is 2.58 bits per heavy atom. The van der Waals surface area contributed by atoms with Crippen molar-refractivity contribution >= 4 is 0 Å². The molecule has 62 valence electrons. The second-order valence-corrected chi connectivity index (χ2v) is 2.87. The zero-order chi connectivity index (χ0) is 8.39. The van der Waals surface area contributed by atoms with Crippen LogP contribution in [0.15, 0.2) is 41.1 Å². The number of aryl methyl sites for hydroxylation is 1. The van der Waals surface area contributed by atoms with E-state index >= 15 is 0 Å². The molecular formula is C10H11NO. The van der Waals surface area contributed by atoms with E-state index in [1.165, 1.54) is 0 Å². The van der Waals surface area contributed by atoms with Crippen molar-refractivity contribution < 1.29 is 4.42 Å². The van der Waals surface area contributed by atoms with Gasteiger partial charge >= 0.3 is 0 Å². The first-order valence-corrected chi connectivity index (χ1v) is 4.01. The third-order valence-electron chi connectivity index (χ3n) is 1.80. The molecule has 0 fully saturated rings. The Bertz CT molecular complexity index is 346. The van der Waals surface area contributed by atoms with Gasteiger partial charge < -0.3 is 8.98 Å². The van der Waals surface area contributed by atoms with Crippen LogP contribution >= 0.6 is 0 Å². The first-order chi connectivity index (χ1) is 5.84. The highest BCUT2D eigenvalue weighted by molar-refractivity contribution is 5.06. The maximum atomic E-state index is 5.44. The van der Waals surface area contributed by atoms with E-state index in [0.717, 1.165) is 18.1 Å². The van der Waals surface area contributed by atoms with Crippen LogP contribution in [0.3, 0.4) is 0 Å². The lowest BCUT2D eigenvalue weighted by atomic mass is 10.4. The lowest BCUT2D eigenvalue weighted by molar-refractivity contribution is 0.470. The van der Waals surface area contributed by atoms with Gasteiger partial charge in [0.25, 0.3) is 0 Å². The molecule has 0 N–H and O–H groups in total. The lowest BCUT2D eigenvalue weighted by Crippen LogP contribution is -1.93. The first kappa shape index (κ1) is 7.22. The van der Waals surface area contributed by atoms with Crippen molar-refractivity contribution in [3.63, 3.8) is 0 Å². The minimum atomic E-state index is 0.820. The molecule has 0 atom stereocenters. The van der Waals surface area contributed by atoms with E-state index in [1.807, 2.05) is 43.6 Å². The topological polar surface area (TPSA) is 18.1 Å². The van der Waals surface area contributed by atoms with Crippen LogP contribution in [0.2, 0.25) is 0 Å². The van der Waals surface area contributed by atoms with Gasteiger partial charge in [-0.25, -0.2) is 0 Å². The van der Waals surface area contributed by atoms with Crippen molar-refractivity contribution in [1.29, 1.82) is 0 Å². The summed E-state index contributed by atoms with van der Waals surface area (Å²) >= 11 is 0. The zero-order valence-corrected chi connectivity index (χ0v) is 7.03. The number of aromatic nitrogens is 1. The van der Waals surface area contributed by atoms with Gasteiger partial charge in [-0.1, -0.05) is 0 Å². The highest BCUT2D eigenvalue weighted by atomic mass is 16.3. The van der Waals surface area contributed by atoms with Gasteiger partial charge in [0, 0.05) is 12.4 Å². The fraction of sp³-hybridized carbons (Fsp3) is 0.200. The van der Waals surface area contributed by atoms with Crippen LogP contribution in [-0.2, 0) is 6.54 Å². The van der Waals surface area contributed by atoms with Crippen LogP contribution in [0, 0.1) is 6.92 Å². The molecule has 2 aromatic rings. The molecule has 2 heterocycles. The van der Waals surface area contributed by atoms with Crippen LogP contribution in [0.1, 0.15) is 11.5 Å². The molecule has 0 bridgehead atoms. The van der Waals surface area contributed by atoms with Gasteiger partial charge in [0.15, 0.2) is 0 Å². The standard InChI is InChI=1S/C10H11NO/c1-9-4-5-10(12-9)8-11-6-2-3-7-11/h2-7H,8H2,1H3. The lowest BCUT2D eigenvalue weighted by Gasteiger charge is -1.97. The highest BCUT2D eigenvalue weighted by Gasteiger charge is 1.97. The number of hydrogen-bond acceptors (Lipinski definition) is 1. The molecule has 0 saturated heterocycles. The Morgan fingerprint density at radius 1 is 1.25 bits per heavy atom. The maximum absolute atomic E-state index is 5.44. The highest BCUT2D eigenvalue weighted by Crippen LogP contribution is 2.07. The van der Waals surface area contributed by atoms with Gasteiger partial charge in [-0.3, -0.25) is 0 Å². The van der Waals surface area contributed by atoms with Crippen molar-refractivity contribution in [3.05, 3.63) is 48.2 Å². The van der Waals surface area contributed by atoms with Crippen molar-refractivity contribution in [3.8, 4) is 0 Å². The summed E-state index contributed by atoms with van der Waals surface area (Å²) in [6, 6.07) is 8.01. The molecule has 2 nitrogen and oxygen atoms in total. The molecule has 0 aliphatic carbocycles. The van der Waals surface area contributed by atoms with E-state index in [4.69, 9.17) is 4.42 Å². The van der Waals surface area contributed by atoms with Crippen LogP contribution in [0.25, 0.3) is 0 Å². The van der Waals surface area contributed by atoms with Gasteiger partial charge in [-0.15, -0.1) is 0 Å². The Balaban J connectivity index is 2.14. The smallest absolute Gasteiger partial charge is 0.123 e. The van der Waals surface area contributed by atoms with Crippen molar-refractivity contribution in [2.24, 2.45) is 0 Å². The van der Waals surface area contributed by atoms with Crippen molar-refractivity contribution in [2.45, 2.75) is 13.5 Å². The third-order valence-corrected chi connectivity index (χ3v) is 1.80. The van der Waals surface area contributed by atoms with Gasteiger partial charge in [0.2, 0.25) is 0 Å². The third kappa shape index (κ3) is 1.42. The molecule has 0 unspecified atom stereocenters. The quantitative estimate of drug-likeness (QED) is 0.661. The second-order valence-electron chi connectivity index (χ2n) is 2.87. The SMILES string of the molecule is Cc1ccc(Cn2cccc2)o1. The molecule has 0 radical (unpaired) electrons. The predicted molar refractivity (Wildman–Crippen MR) is 47.0 cm³/mol. The largest absolute Gasteiger partial charge is 0.464 e. The van der Waals surface area contributed by atoms with Crippen LogP contribution in [0.5, 0.6) is 0 Å². The summed E-state index contributed by atoms with van der Waals surface area (Å²) in [5.74, 6) is 1.97. The summed E-state index contributed by atoms with van der Waals surface area (Å²) < 4.78 is 7.52. The molecule has 0 aliphatic heterocycles. The Labute approximate surface area is 71.4 Å². The summed E-state index contributed by atoms with van der Waals surface area (Å²) in [4.78, 5) is 0. The van der Waals surface area contributed by atoms with Gasteiger partial charge in [-0.2, -0.15) is 0 Å². The Kier molecular flexibility index (Phi) is 1.74. The van der Waals surface area contributed by atoms with Crippen molar-refractivity contribution in [2.75, 3.05) is 0 Å². The van der Waals surface area contributed by atoms with E-state index in [2.05, 4.69) is 4.57 Å². The summed E-state index contributed by atoms with van der Waals surface area (Å²) in [6.45, 7) is 2.78. The molecule has 0 saturated carbocycles. The van der Waals surface area contributed by atoms with Crippen molar-refractivity contribution in [1.82, 2.24) is 4.57 Å². The van der Waals surface area contributed by atoms with E-state index in [-0.39, 0.29) is 0 Å². The first-order valence-electron chi connectivity index (χ1n) is 4.01. The van der Waals surface area contributed by atoms with E-state index in [9.17, 15) is 0 Å². The molecule has 12 heavy (non-hydrogen) atoms. The molecule has 0 aliphatic rings. The summed E-state index contributed by atoms with van der Waals surface area (Å²) in [5, 5.41) is 0. The Hall–Kier alpha value is -1.44. The number of rotatable bonds is 2. The number of nitrogens with zero attached hydrogens (tertiary/aromatic N) is 1. The number of hydrogen-bond donors (Lipinski definition) is 0. The van der Waals surface area contributed by atoms with E-state index < -0.39 is 0 Å². The fourth-order valence-corrected chi connectivity index (χ4v) is 1.23. The molecule has 2 rings (SSSR count). The number of furan rings is 1. The second kappa shape index (κ2) is 2.89. The Morgan fingerprint density at radius 2 is 2.00 bits per heavy atom. The van der Waals surface area contributed by atoms with Crippen LogP contribution in [0.4, 0.5) is 0 Å². The molecule has 0 spiro atoms. The van der Waals surface area contributed by atoms with Crippen LogP contribution < -0.4 is 0 Å². The molecule has 0 aromatic carbocycles. The average Bonchev–Trinajstić information content (AvgIpc) is 2.63. The minimum Gasteiger partial charge on any atom is -0.464 e. The van der Waals surface area contributed by atoms with E-state index in [0.29, 0.717) is 0 Å². The molecule has 2 aromatic heterocycles. The fourth-order valence-electron chi connectivity index (χ4n) is 1.23. The van der Waals surface area contributed by atoms with Crippen LogP contribution in [-0.4, -0.2) is 4.57 Å². The maximum Gasteiger partial charge on any atom is 0.123 e. The monoisotopic (exact) mass is 161 g/mol. The molecule has 0 amide bonds. The predicted octanol–water partition coefficient (Wildman–Crippen LogP) is 2.44. The summed E-state index contributed by atoms with van der Waals surface area (Å²) in [6.07, 6.45) is 4.05. The zero-order valence-electron chi connectivity index (χ0n) is 7.03. The van der Waals surface area contributed by atoms with E-state index in [1.54, 1.807) is 0 Å². The average molecular weight is 161 g/mol. The molecular weight excluding hydrogens is 150 g/mol. The minimum absolute atomic E-state index is 0.820. The van der Waals surface area contributed by atoms with Gasteiger partial charge in [-0.05, 0) is 31.2 Å².